The summed E-state index contributed by atoms with van der Waals surface area (Å²) in [5, 5.41) is 20.0. The number of nitrogens with one attached hydrogen (secondary N) is 1. The lowest BCUT2D eigenvalue weighted by atomic mass is 10.0. The number of rotatable bonds is 7. The van der Waals surface area contributed by atoms with Gasteiger partial charge in [0.1, 0.15) is 17.9 Å². The zero-order valence-electron chi connectivity index (χ0n) is 21.0. The van der Waals surface area contributed by atoms with E-state index >= 15 is 0 Å². The summed E-state index contributed by atoms with van der Waals surface area (Å²) in [7, 11) is 0. The van der Waals surface area contributed by atoms with Crippen LogP contribution in [0, 0.1) is 11.3 Å². The summed E-state index contributed by atoms with van der Waals surface area (Å²) in [5.41, 5.74) is 12.2. The lowest BCUT2D eigenvalue weighted by Crippen LogP contribution is -2.16. The Hall–Kier alpha value is -4.68. The molecule has 1 aliphatic rings. The Bertz CT molecular complexity index is 1670. The predicted molar refractivity (Wildman–Crippen MR) is 146 cm³/mol. The fourth-order valence-corrected chi connectivity index (χ4v) is 4.79. The Labute approximate surface area is 219 Å². The fourth-order valence-electron chi connectivity index (χ4n) is 4.79. The Balaban J connectivity index is 1.37. The molecule has 190 valence electrons. The number of nitrogens with zero attached hydrogens (tertiary/aromatic N) is 5. The zero-order valence-corrected chi connectivity index (χ0v) is 21.0. The Kier molecular flexibility index (Phi) is 6.23. The van der Waals surface area contributed by atoms with Crippen molar-refractivity contribution >= 4 is 38.9 Å². The number of nitriles is 1. The SMILES string of the molecule is CCc1nc2cc(O[C@@H]3CCOC3)c(N)cc2c(Nc2ccc3nn(Cc4ccccn4)cc3c2)c1C#N. The number of fused-ring (bicyclic) bond motifs is 2. The van der Waals surface area contributed by atoms with E-state index in [1.807, 2.05) is 66.3 Å². The second-order valence-corrected chi connectivity index (χ2v) is 9.33. The van der Waals surface area contributed by atoms with Gasteiger partial charge in [-0.1, -0.05) is 13.0 Å². The van der Waals surface area contributed by atoms with Gasteiger partial charge in [-0.2, -0.15) is 10.4 Å². The van der Waals surface area contributed by atoms with Gasteiger partial charge in [0.25, 0.3) is 0 Å². The monoisotopic (exact) mass is 505 g/mol. The smallest absolute Gasteiger partial charge is 0.144 e. The van der Waals surface area contributed by atoms with E-state index in [1.54, 1.807) is 6.20 Å². The summed E-state index contributed by atoms with van der Waals surface area (Å²) in [6.07, 6.45) is 5.19. The van der Waals surface area contributed by atoms with Crippen molar-refractivity contribution in [3.8, 4) is 11.8 Å². The first kappa shape index (κ1) is 23.7. The molecule has 5 aromatic rings. The van der Waals surface area contributed by atoms with Crippen LogP contribution in [0.25, 0.3) is 21.8 Å². The summed E-state index contributed by atoms with van der Waals surface area (Å²) < 4.78 is 13.4. The highest BCUT2D eigenvalue weighted by Crippen LogP contribution is 2.37. The van der Waals surface area contributed by atoms with E-state index in [4.69, 9.17) is 20.2 Å². The standard InChI is InChI=1S/C29H27N7O2/c1-2-25-23(14-30)29(22-12-24(31)28(13-27(22)34-25)38-21-8-10-37-17-21)33-19-6-7-26-18(11-19)15-36(35-26)16-20-5-3-4-9-32-20/h3-7,9,11-13,15,21H,2,8,10,16-17,31H2,1H3,(H,33,34)/t21-/m1/s1. The van der Waals surface area contributed by atoms with Crippen molar-refractivity contribution in [3.63, 3.8) is 0 Å². The minimum absolute atomic E-state index is 0.0262. The largest absolute Gasteiger partial charge is 0.486 e. The molecule has 9 heteroatoms. The van der Waals surface area contributed by atoms with Crippen molar-refractivity contribution in [1.82, 2.24) is 19.7 Å². The highest BCUT2D eigenvalue weighted by Gasteiger charge is 2.21. The molecule has 1 aliphatic heterocycles. The van der Waals surface area contributed by atoms with Gasteiger partial charge in [-0.25, -0.2) is 0 Å². The minimum Gasteiger partial charge on any atom is -0.486 e. The van der Waals surface area contributed by atoms with Crippen LogP contribution >= 0.6 is 0 Å². The molecular weight excluding hydrogens is 478 g/mol. The number of benzene rings is 2. The number of pyridine rings is 2. The molecule has 0 amide bonds. The maximum atomic E-state index is 10.1. The lowest BCUT2D eigenvalue weighted by molar-refractivity contribution is 0.142. The number of aryl methyl sites for hydroxylation is 1. The molecule has 0 saturated carbocycles. The second-order valence-electron chi connectivity index (χ2n) is 9.33. The van der Waals surface area contributed by atoms with Gasteiger partial charge >= 0.3 is 0 Å². The van der Waals surface area contributed by atoms with E-state index in [0.29, 0.717) is 54.6 Å². The number of hydrogen-bond donors (Lipinski definition) is 2. The normalized spacial score (nSPS) is 15.1. The van der Waals surface area contributed by atoms with Crippen molar-refractivity contribution in [1.29, 1.82) is 5.26 Å². The van der Waals surface area contributed by atoms with Crippen molar-refractivity contribution in [2.45, 2.75) is 32.4 Å². The molecule has 1 fully saturated rings. The van der Waals surface area contributed by atoms with Crippen molar-refractivity contribution in [2.24, 2.45) is 0 Å². The van der Waals surface area contributed by atoms with Crippen LogP contribution in [0.15, 0.2) is 60.9 Å². The van der Waals surface area contributed by atoms with E-state index in [2.05, 4.69) is 21.5 Å². The molecule has 9 nitrogen and oxygen atoms in total. The molecule has 0 bridgehead atoms. The van der Waals surface area contributed by atoms with Crippen LogP contribution in [-0.2, 0) is 17.7 Å². The van der Waals surface area contributed by atoms with Gasteiger partial charge in [-0.3, -0.25) is 14.6 Å². The van der Waals surface area contributed by atoms with Crippen LogP contribution in [0.4, 0.5) is 17.1 Å². The van der Waals surface area contributed by atoms with Gasteiger partial charge in [0.15, 0.2) is 0 Å². The molecule has 3 aromatic heterocycles. The summed E-state index contributed by atoms with van der Waals surface area (Å²) >= 11 is 0. The number of anilines is 3. The number of aromatic nitrogens is 4. The molecule has 0 spiro atoms. The van der Waals surface area contributed by atoms with Crippen molar-refractivity contribution < 1.29 is 9.47 Å². The van der Waals surface area contributed by atoms with Crippen molar-refractivity contribution in [2.75, 3.05) is 24.3 Å². The van der Waals surface area contributed by atoms with Crippen LogP contribution in [0.5, 0.6) is 5.75 Å². The Morgan fingerprint density at radius 1 is 1.21 bits per heavy atom. The first-order valence-electron chi connectivity index (χ1n) is 12.7. The Morgan fingerprint density at radius 3 is 2.89 bits per heavy atom. The third-order valence-corrected chi connectivity index (χ3v) is 6.69. The van der Waals surface area contributed by atoms with Crippen LogP contribution in [-0.4, -0.2) is 39.1 Å². The van der Waals surface area contributed by atoms with Gasteiger partial charge in [0.2, 0.25) is 0 Å². The molecule has 38 heavy (non-hydrogen) atoms. The number of hydrogen-bond acceptors (Lipinski definition) is 8. The van der Waals surface area contributed by atoms with Crippen LogP contribution in [0.3, 0.4) is 0 Å². The highest BCUT2D eigenvalue weighted by molar-refractivity contribution is 6.00. The summed E-state index contributed by atoms with van der Waals surface area (Å²) in [6, 6.07) is 17.8. The molecule has 0 radical (unpaired) electrons. The topological polar surface area (TPSA) is 124 Å². The molecule has 0 aliphatic carbocycles. The number of nitrogen functional groups attached to an aromatic ring is 1. The van der Waals surface area contributed by atoms with Gasteiger partial charge < -0.3 is 20.5 Å². The van der Waals surface area contributed by atoms with Gasteiger partial charge in [0.05, 0.1) is 59.1 Å². The Morgan fingerprint density at radius 2 is 2.13 bits per heavy atom. The minimum atomic E-state index is -0.0262. The van der Waals surface area contributed by atoms with Gasteiger partial charge in [-0.15, -0.1) is 0 Å². The van der Waals surface area contributed by atoms with Crippen LogP contribution in [0.2, 0.25) is 0 Å². The molecule has 1 atom stereocenters. The molecule has 2 aromatic carbocycles. The highest BCUT2D eigenvalue weighted by atomic mass is 16.5. The van der Waals surface area contributed by atoms with E-state index in [9.17, 15) is 5.26 Å². The zero-order chi connectivity index (χ0) is 26.1. The van der Waals surface area contributed by atoms with Crippen molar-refractivity contribution in [3.05, 3.63) is 77.9 Å². The maximum Gasteiger partial charge on any atom is 0.144 e. The second kappa shape index (κ2) is 10.00. The van der Waals surface area contributed by atoms with Crippen LogP contribution in [0.1, 0.15) is 30.3 Å². The average Bonchev–Trinajstić information content (AvgIpc) is 3.59. The van der Waals surface area contributed by atoms with Gasteiger partial charge in [-0.05, 0) is 42.8 Å². The summed E-state index contributed by atoms with van der Waals surface area (Å²) in [4.78, 5) is 9.18. The van der Waals surface area contributed by atoms with E-state index in [1.165, 1.54) is 0 Å². The molecule has 6 rings (SSSR count). The first-order chi connectivity index (χ1) is 18.6. The maximum absolute atomic E-state index is 10.1. The quantitative estimate of drug-likeness (QED) is 0.298. The van der Waals surface area contributed by atoms with Gasteiger partial charge in [0, 0.05) is 41.3 Å². The molecule has 0 unspecified atom stereocenters. The first-order valence-corrected chi connectivity index (χ1v) is 12.7. The fraction of sp³-hybridized carbons (Fsp3) is 0.241. The number of nitrogens with two attached hydrogens (primary N) is 1. The average molecular weight is 506 g/mol. The molecular formula is C29H27N7O2. The molecule has 1 saturated heterocycles. The third kappa shape index (κ3) is 4.58. The molecule has 3 N–H and O–H groups in total. The summed E-state index contributed by atoms with van der Waals surface area (Å²) in [5.74, 6) is 0.583. The van der Waals surface area contributed by atoms with Crippen LogP contribution < -0.4 is 15.8 Å². The predicted octanol–water partition coefficient (Wildman–Crippen LogP) is 4.96. The number of ether oxygens (including phenoxy) is 2. The van der Waals surface area contributed by atoms with E-state index in [0.717, 1.165) is 39.6 Å². The van der Waals surface area contributed by atoms with E-state index < -0.39 is 0 Å². The third-order valence-electron chi connectivity index (χ3n) is 6.69. The lowest BCUT2D eigenvalue weighted by Gasteiger charge is -2.18. The van der Waals surface area contributed by atoms with E-state index in [-0.39, 0.29) is 6.10 Å². The summed E-state index contributed by atoms with van der Waals surface area (Å²) in [6.45, 7) is 3.81. The molecule has 4 heterocycles.